The fourth-order valence-electron chi connectivity index (χ4n) is 1.16. The zero-order valence-corrected chi connectivity index (χ0v) is 10.1. The van der Waals surface area contributed by atoms with Crippen LogP contribution < -0.4 is 0 Å². The number of H-pyrrole nitrogens is 1. The van der Waals surface area contributed by atoms with E-state index >= 15 is 0 Å². The number of nitrogens with zero attached hydrogens (tertiary/aromatic N) is 1. The molecule has 0 spiro atoms. The highest BCUT2D eigenvalue weighted by atomic mass is 35.5. The maximum Gasteiger partial charge on any atom is 0.0783 e. The quantitative estimate of drug-likeness (QED) is 0.833. The van der Waals surface area contributed by atoms with Crippen molar-refractivity contribution in [2.45, 2.75) is 4.58 Å². The molecular formula is C8H13ClN2OS2. The van der Waals surface area contributed by atoms with Gasteiger partial charge in [-0.15, -0.1) is 35.9 Å². The van der Waals surface area contributed by atoms with Crippen LogP contribution in [-0.4, -0.2) is 34.9 Å². The van der Waals surface area contributed by atoms with Gasteiger partial charge in [0, 0.05) is 23.3 Å². The molecule has 0 aromatic carbocycles. The molecule has 0 aliphatic carbocycles. The van der Waals surface area contributed by atoms with Gasteiger partial charge >= 0.3 is 0 Å². The molecule has 80 valence electrons. The van der Waals surface area contributed by atoms with E-state index in [0.29, 0.717) is 4.58 Å². The van der Waals surface area contributed by atoms with Gasteiger partial charge in [-0.05, 0) is 0 Å². The Balaban J connectivity index is 0.000000980. The van der Waals surface area contributed by atoms with Crippen molar-refractivity contribution in [1.29, 1.82) is 0 Å². The van der Waals surface area contributed by atoms with Crippen LogP contribution in [0.3, 0.4) is 0 Å². The van der Waals surface area contributed by atoms with Gasteiger partial charge in [0.25, 0.3) is 0 Å². The van der Waals surface area contributed by atoms with Crippen molar-refractivity contribution < 1.29 is 4.74 Å². The SMILES string of the molecule is Cl.c1n[nH]cc1C1SCCOCCS1. The van der Waals surface area contributed by atoms with Crippen LogP contribution in [0.2, 0.25) is 0 Å². The lowest BCUT2D eigenvalue weighted by Crippen LogP contribution is -2.07. The Kier molecular flexibility index (Phi) is 5.77. The normalized spacial score (nSPS) is 19.4. The maximum atomic E-state index is 5.38. The number of thioether (sulfide) groups is 2. The van der Waals surface area contributed by atoms with Crippen LogP contribution in [0.25, 0.3) is 0 Å². The van der Waals surface area contributed by atoms with Crippen molar-refractivity contribution in [2.75, 3.05) is 24.7 Å². The second-order valence-corrected chi connectivity index (χ2v) is 5.44. The van der Waals surface area contributed by atoms with Gasteiger partial charge in [0.05, 0.1) is 24.0 Å². The molecule has 0 atom stereocenters. The van der Waals surface area contributed by atoms with E-state index < -0.39 is 0 Å². The Labute approximate surface area is 98.2 Å². The monoisotopic (exact) mass is 252 g/mol. The maximum absolute atomic E-state index is 5.38. The van der Waals surface area contributed by atoms with E-state index in [0.717, 1.165) is 24.7 Å². The van der Waals surface area contributed by atoms with E-state index in [1.54, 1.807) is 0 Å². The Morgan fingerprint density at radius 1 is 1.36 bits per heavy atom. The van der Waals surface area contributed by atoms with Gasteiger partial charge in [0.1, 0.15) is 0 Å². The number of rotatable bonds is 1. The smallest absolute Gasteiger partial charge is 0.0783 e. The Bertz CT molecular complexity index is 237. The number of halogens is 1. The summed E-state index contributed by atoms with van der Waals surface area (Å²) in [4.78, 5) is 0. The molecule has 2 rings (SSSR count). The largest absolute Gasteiger partial charge is 0.380 e. The second-order valence-electron chi connectivity index (χ2n) is 2.72. The van der Waals surface area contributed by atoms with Crippen LogP contribution in [0.4, 0.5) is 0 Å². The second kappa shape index (κ2) is 6.61. The lowest BCUT2D eigenvalue weighted by atomic mass is 10.4. The molecule has 1 fully saturated rings. The van der Waals surface area contributed by atoms with Gasteiger partial charge < -0.3 is 4.74 Å². The minimum absolute atomic E-state index is 0. The minimum atomic E-state index is 0. The molecule has 14 heavy (non-hydrogen) atoms. The van der Waals surface area contributed by atoms with Crippen molar-refractivity contribution in [2.24, 2.45) is 0 Å². The minimum Gasteiger partial charge on any atom is -0.380 e. The first-order valence-electron chi connectivity index (χ1n) is 4.26. The molecule has 1 aromatic rings. The molecule has 1 aromatic heterocycles. The summed E-state index contributed by atoms with van der Waals surface area (Å²) >= 11 is 3.87. The van der Waals surface area contributed by atoms with Gasteiger partial charge in [-0.3, -0.25) is 5.10 Å². The highest BCUT2D eigenvalue weighted by Crippen LogP contribution is 2.39. The van der Waals surface area contributed by atoms with E-state index in [1.807, 2.05) is 35.9 Å². The molecule has 0 unspecified atom stereocenters. The third-order valence-electron chi connectivity index (χ3n) is 1.79. The molecule has 6 heteroatoms. The molecule has 3 nitrogen and oxygen atoms in total. The number of ether oxygens (including phenoxy) is 1. The van der Waals surface area contributed by atoms with Crippen molar-refractivity contribution in [3.8, 4) is 0 Å². The zero-order chi connectivity index (χ0) is 8.93. The third kappa shape index (κ3) is 3.38. The predicted molar refractivity (Wildman–Crippen MR) is 64.3 cm³/mol. The molecule has 0 bridgehead atoms. The molecule has 1 aliphatic heterocycles. The molecule has 0 saturated carbocycles. The third-order valence-corrected chi connectivity index (χ3v) is 4.56. The zero-order valence-electron chi connectivity index (χ0n) is 7.64. The summed E-state index contributed by atoms with van der Waals surface area (Å²) in [7, 11) is 0. The molecule has 0 amide bonds. The Hall–Kier alpha value is 0.160. The van der Waals surface area contributed by atoms with Crippen LogP contribution in [0, 0.1) is 0 Å². The van der Waals surface area contributed by atoms with Gasteiger partial charge in [-0.1, -0.05) is 0 Å². The van der Waals surface area contributed by atoms with Crippen LogP contribution >= 0.6 is 35.9 Å². The van der Waals surface area contributed by atoms with E-state index in [2.05, 4.69) is 10.2 Å². The van der Waals surface area contributed by atoms with Gasteiger partial charge in [-0.2, -0.15) is 5.10 Å². The van der Waals surface area contributed by atoms with Crippen molar-refractivity contribution in [3.05, 3.63) is 18.0 Å². The first kappa shape index (κ1) is 12.2. The number of hydrogen-bond donors (Lipinski definition) is 1. The van der Waals surface area contributed by atoms with Gasteiger partial charge in [0.15, 0.2) is 0 Å². The van der Waals surface area contributed by atoms with Crippen LogP contribution in [0.15, 0.2) is 12.4 Å². The summed E-state index contributed by atoms with van der Waals surface area (Å²) in [5.41, 5.74) is 1.29. The van der Waals surface area contributed by atoms with Crippen molar-refractivity contribution >= 4 is 35.9 Å². The molecule has 1 aliphatic rings. The standard InChI is InChI=1S/C8H12N2OS2.ClH/c1-3-12-8(13-4-2-11-1)7-5-9-10-6-7;/h5-6,8H,1-4H2,(H,9,10);1H. The topological polar surface area (TPSA) is 37.9 Å². The summed E-state index contributed by atoms with van der Waals surface area (Å²) in [6, 6.07) is 0. The molecule has 0 radical (unpaired) electrons. The van der Waals surface area contributed by atoms with Crippen molar-refractivity contribution in [1.82, 2.24) is 10.2 Å². The highest BCUT2D eigenvalue weighted by molar-refractivity contribution is 8.16. The first-order chi connectivity index (χ1) is 6.47. The number of aromatic amines is 1. The average Bonchev–Trinajstić information content (AvgIpc) is 2.55. The van der Waals surface area contributed by atoms with Crippen molar-refractivity contribution in [3.63, 3.8) is 0 Å². The first-order valence-corrected chi connectivity index (χ1v) is 6.36. The number of aromatic nitrogens is 2. The predicted octanol–water partition coefficient (Wildman–Crippen LogP) is 2.33. The van der Waals surface area contributed by atoms with E-state index in [9.17, 15) is 0 Å². The summed E-state index contributed by atoms with van der Waals surface area (Å²) in [6.45, 7) is 1.75. The Morgan fingerprint density at radius 2 is 2.07 bits per heavy atom. The van der Waals surface area contributed by atoms with E-state index in [4.69, 9.17) is 4.74 Å². The molecule has 2 heterocycles. The highest BCUT2D eigenvalue weighted by Gasteiger charge is 2.14. The Morgan fingerprint density at radius 3 is 2.64 bits per heavy atom. The lowest BCUT2D eigenvalue weighted by Gasteiger charge is -2.17. The van der Waals surface area contributed by atoms with Gasteiger partial charge in [-0.25, -0.2) is 0 Å². The molecule has 1 N–H and O–H groups in total. The van der Waals surface area contributed by atoms with E-state index in [1.165, 1.54) is 5.56 Å². The fraction of sp³-hybridized carbons (Fsp3) is 0.625. The number of nitrogens with one attached hydrogen (secondary N) is 1. The van der Waals surface area contributed by atoms with Crippen LogP contribution in [-0.2, 0) is 4.74 Å². The fourth-order valence-corrected chi connectivity index (χ4v) is 3.62. The summed E-state index contributed by atoms with van der Waals surface area (Å²) in [6.07, 6.45) is 3.89. The van der Waals surface area contributed by atoms with Gasteiger partial charge in [0.2, 0.25) is 0 Å². The summed E-state index contributed by atoms with van der Waals surface area (Å²) < 4.78 is 5.91. The summed E-state index contributed by atoms with van der Waals surface area (Å²) in [5.74, 6) is 2.14. The van der Waals surface area contributed by atoms with E-state index in [-0.39, 0.29) is 12.4 Å². The lowest BCUT2D eigenvalue weighted by molar-refractivity contribution is 0.166. The average molecular weight is 253 g/mol. The summed E-state index contributed by atoms with van der Waals surface area (Å²) in [5, 5.41) is 6.82. The molecule has 1 saturated heterocycles. The molecular weight excluding hydrogens is 240 g/mol. The van der Waals surface area contributed by atoms with Crippen LogP contribution in [0.5, 0.6) is 0 Å². The van der Waals surface area contributed by atoms with Crippen LogP contribution in [0.1, 0.15) is 10.1 Å². The number of hydrogen-bond acceptors (Lipinski definition) is 4.